The van der Waals surface area contributed by atoms with Gasteiger partial charge in [0.25, 0.3) is 5.91 Å². The molecule has 5 heteroatoms. The third-order valence-corrected chi connectivity index (χ3v) is 4.82. The molecule has 1 aliphatic heterocycles. The minimum Gasteiger partial charge on any atom is -0.387 e. The number of aryl methyl sites for hydroxylation is 1. The standard InChI is InChI=1S/C13H16BrNO2S/c1-9-6-10(14)2-3-11(9)12(16)15-7-13(17)4-5-18-8-13/h2-3,6,17H,4-5,7-8H2,1H3,(H,15,16). The summed E-state index contributed by atoms with van der Waals surface area (Å²) >= 11 is 5.10. The number of aliphatic hydroxyl groups is 1. The fourth-order valence-electron chi connectivity index (χ4n) is 1.96. The van der Waals surface area contributed by atoms with Crippen LogP contribution in [0.15, 0.2) is 22.7 Å². The predicted octanol–water partition coefficient (Wildman–Crippen LogP) is 2.36. The van der Waals surface area contributed by atoms with Gasteiger partial charge in [-0.1, -0.05) is 15.9 Å². The number of nitrogens with one attached hydrogen (secondary N) is 1. The molecule has 0 aromatic heterocycles. The Balaban J connectivity index is 1.99. The van der Waals surface area contributed by atoms with E-state index in [1.54, 1.807) is 17.8 Å². The normalized spacial score (nSPS) is 23.1. The largest absolute Gasteiger partial charge is 0.387 e. The van der Waals surface area contributed by atoms with E-state index < -0.39 is 5.60 Å². The van der Waals surface area contributed by atoms with E-state index in [2.05, 4.69) is 21.2 Å². The summed E-state index contributed by atoms with van der Waals surface area (Å²) in [5.74, 6) is 1.54. The minimum atomic E-state index is -0.733. The highest BCUT2D eigenvalue weighted by Crippen LogP contribution is 2.27. The van der Waals surface area contributed by atoms with Crippen LogP contribution in [-0.4, -0.2) is 34.7 Å². The molecule has 1 unspecified atom stereocenters. The van der Waals surface area contributed by atoms with Crippen molar-refractivity contribution in [1.29, 1.82) is 0 Å². The molecule has 3 nitrogen and oxygen atoms in total. The highest BCUT2D eigenvalue weighted by atomic mass is 79.9. The van der Waals surface area contributed by atoms with Crippen LogP contribution in [-0.2, 0) is 0 Å². The first kappa shape index (κ1) is 13.9. The Kier molecular flexibility index (Phi) is 4.35. The van der Waals surface area contributed by atoms with Crippen LogP contribution >= 0.6 is 27.7 Å². The average molecular weight is 330 g/mol. The Morgan fingerprint density at radius 1 is 1.61 bits per heavy atom. The molecule has 1 heterocycles. The number of carbonyl (C=O) groups is 1. The van der Waals surface area contributed by atoms with Crippen molar-refractivity contribution >= 4 is 33.6 Å². The molecule has 0 spiro atoms. The van der Waals surface area contributed by atoms with E-state index in [9.17, 15) is 9.90 Å². The zero-order valence-corrected chi connectivity index (χ0v) is 12.6. The fourth-order valence-corrected chi connectivity index (χ4v) is 3.73. The predicted molar refractivity (Wildman–Crippen MR) is 78.1 cm³/mol. The second-order valence-electron chi connectivity index (χ2n) is 4.67. The molecular weight excluding hydrogens is 314 g/mol. The van der Waals surface area contributed by atoms with Gasteiger partial charge in [0.1, 0.15) is 0 Å². The van der Waals surface area contributed by atoms with Gasteiger partial charge in [0.05, 0.1) is 5.60 Å². The molecule has 0 aliphatic carbocycles. The summed E-state index contributed by atoms with van der Waals surface area (Å²) in [7, 11) is 0. The first-order valence-corrected chi connectivity index (χ1v) is 7.79. The maximum absolute atomic E-state index is 12.0. The zero-order chi connectivity index (χ0) is 13.2. The van der Waals surface area contributed by atoms with Crippen molar-refractivity contribution in [2.45, 2.75) is 18.9 Å². The van der Waals surface area contributed by atoms with Crippen LogP contribution in [0.2, 0.25) is 0 Å². The number of hydrogen-bond donors (Lipinski definition) is 2. The monoisotopic (exact) mass is 329 g/mol. The van der Waals surface area contributed by atoms with Gasteiger partial charge in [-0.15, -0.1) is 0 Å². The minimum absolute atomic E-state index is 0.120. The summed E-state index contributed by atoms with van der Waals surface area (Å²) in [6, 6.07) is 5.55. The average Bonchev–Trinajstić information content (AvgIpc) is 2.74. The second-order valence-corrected chi connectivity index (χ2v) is 6.69. The Morgan fingerprint density at radius 2 is 2.39 bits per heavy atom. The van der Waals surface area contributed by atoms with Gasteiger partial charge in [0, 0.05) is 22.3 Å². The number of amides is 1. The Labute approximate surface area is 119 Å². The van der Waals surface area contributed by atoms with Crippen molar-refractivity contribution in [2.24, 2.45) is 0 Å². The van der Waals surface area contributed by atoms with Crippen molar-refractivity contribution in [1.82, 2.24) is 5.32 Å². The van der Waals surface area contributed by atoms with Crippen molar-refractivity contribution in [3.8, 4) is 0 Å². The molecule has 1 atom stereocenters. The molecule has 98 valence electrons. The van der Waals surface area contributed by atoms with Crippen LogP contribution in [0.25, 0.3) is 0 Å². The van der Waals surface area contributed by atoms with E-state index in [0.717, 1.165) is 22.2 Å². The molecule has 0 bridgehead atoms. The van der Waals surface area contributed by atoms with Crippen molar-refractivity contribution in [2.75, 3.05) is 18.1 Å². The Morgan fingerprint density at radius 3 is 3.00 bits per heavy atom. The number of hydrogen-bond acceptors (Lipinski definition) is 3. The van der Waals surface area contributed by atoms with Crippen LogP contribution in [0.3, 0.4) is 0 Å². The second kappa shape index (κ2) is 5.63. The smallest absolute Gasteiger partial charge is 0.251 e. The van der Waals surface area contributed by atoms with Gasteiger partial charge in [-0.3, -0.25) is 4.79 Å². The SMILES string of the molecule is Cc1cc(Br)ccc1C(=O)NCC1(O)CCSC1. The molecule has 1 aromatic carbocycles. The van der Waals surface area contributed by atoms with Gasteiger partial charge in [-0.05, 0) is 42.9 Å². The molecule has 2 N–H and O–H groups in total. The lowest BCUT2D eigenvalue weighted by Crippen LogP contribution is -2.43. The Bertz CT molecular complexity index is 458. The number of thioether (sulfide) groups is 1. The number of halogens is 1. The molecule has 1 saturated heterocycles. The van der Waals surface area contributed by atoms with E-state index in [1.807, 2.05) is 19.1 Å². The molecule has 1 fully saturated rings. The van der Waals surface area contributed by atoms with Gasteiger partial charge in [0.15, 0.2) is 0 Å². The van der Waals surface area contributed by atoms with Crippen LogP contribution in [0.1, 0.15) is 22.3 Å². The summed E-state index contributed by atoms with van der Waals surface area (Å²) in [6.07, 6.45) is 0.747. The van der Waals surface area contributed by atoms with Crippen LogP contribution < -0.4 is 5.32 Å². The fraction of sp³-hybridized carbons (Fsp3) is 0.462. The summed E-state index contributed by atoms with van der Waals surface area (Å²) in [4.78, 5) is 12.0. The van der Waals surface area contributed by atoms with Gasteiger partial charge in [0.2, 0.25) is 0 Å². The quantitative estimate of drug-likeness (QED) is 0.894. The number of carbonyl (C=O) groups excluding carboxylic acids is 1. The van der Waals surface area contributed by atoms with Gasteiger partial charge < -0.3 is 10.4 Å². The number of benzene rings is 1. The topological polar surface area (TPSA) is 49.3 Å². The first-order valence-electron chi connectivity index (χ1n) is 5.85. The van der Waals surface area contributed by atoms with Crippen molar-refractivity contribution in [3.05, 3.63) is 33.8 Å². The lowest BCUT2D eigenvalue weighted by molar-refractivity contribution is 0.0612. The highest BCUT2D eigenvalue weighted by Gasteiger charge is 2.32. The molecule has 1 amide bonds. The zero-order valence-electron chi connectivity index (χ0n) is 10.2. The maximum atomic E-state index is 12.0. The molecule has 1 aliphatic rings. The Hall–Kier alpha value is -0.520. The molecule has 18 heavy (non-hydrogen) atoms. The highest BCUT2D eigenvalue weighted by molar-refractivity contribution is 9.10. The molecule has 2 rings (SSSR count). The summed E-state index contributed by atoms with van der Waals surface area (Å²) in [5, 5.41) is 13.0. The summed E-state index contributed by atoms with van der Waals surface area (Å²) < 4.78 is 0.961. The van der Waals surface area contributed by atoms with Crippen molar-refractivity contribution in [3.63, 3.8) is 0 Å². The lowest BCUT2D eigenvalue weighted by atomic mass is 10.0. The summed E-state index contributed by atoms with van der Waals surface area (Å²) in [5.41, 5.74) is 0.853. The van der Waals surface area contributed by atoms with E-state index in [1.165, 1.54) is 0 Å². The van der Waals surface area contributed by atoms with E-state index >= 15 is 0 Å². The molecular formula is C13H16BrNO2S. The maximum Gasteiger partial charge on any atom is 0.251 e. The van der Waals surface area contributed by atoms with Crippen molar-refractivity contribution < 1.29 is 9.90 Å². The van der Waals surface area contributed by atoms with Gasteiger partial charge in [-0.25, -0.2) is 0 Å². The summed E-state index contributed by atoms with van der Waals surface area (Å²) in [6.45, 7) is 2.23. The van der Waals surface area contributed by atoms with Gasteiger partial charge >= 0.3 is 0 Å². The lowest BCUT2D eigenvalue weighted by Gasteiger charge is -2.21. The molecule has 0 radical (unpaired) electrons. The van der Waals surface area contributed by atoms with Gasteiger partial charge in [-0.2, -0.15) is 11.8 Å². The van der Waals surface area contributed by atoms with E-state index in [0.29, 0.717) is 17.9 Å². The van der Waals surface area contributed by atoms with E-state index in [4.69, 9.17) is 0 Å². The van der Waals surface area contributed by atoms with Crippen LogP contribution in [0, 0.1) is 6.92 Å². The third kappa shape index (κ3) is 3.28. The van der Waals surface area contributed by atoms with Crippen LogP contribution in [0.4, 0.5) is 0 Å². The van der Waals surface area contributed by atoms with E-state index in [-0.39, 0.29) is 5.91 Å². The number of rotatable bonds is 3. The van der Waals surface area contributed by atoms with Crippen LogP contribution in [0.5, 0.6) is 0 Å². The third-order valence-electron chi connectivity index (χ3n) is 3.09. The first-order chi connectivity index (χ1) is 8.50. The molecule has 0 saturated carbocycles. The molecule has 1 aromatic rings.